The fraction of sp³-hybridized carbons (Fsp3) is 0.556. The molecule has 1 aromatic carbocycles. The summed E-state index contributed by atoms with van der Waals surface area (Å²) in [7, 11) is 0. The van der Waals surface area contributed by atoms with Gasteiger partial charge in [-0.15, -0.1) is 0 Å². The maximum absolute atomic E-state index is 5.46. The lowest BCUT2D eigenvalue weighted by atomic mass is 10.2. The van der Waals surface area contributed by atoms with Gasteiger partial charge in [0.15, 0.2) is 0 Å². The number of fused-ring (bicyclic) bond motifs is 1. The lowest BCUT2D eigenvalue weighted by Crippen LogP contribution is -2.44. The number of ether oxygens (including phenoxy) is 1. The number of aromatic nitrogens is 2. The molecule has 0 spiro atoms. The van der Waals surface area contributed by atoms with E-state index in [9.17, 15) is 0 Å². The molecular formula is C18H24N4O. The van der Waals surface area contributed by atoms with Crippen LogP contribution in [0, 0.1) is 6.92 Å². The van der Waals surface area contributed by atoms with Gasteiger partial charge in [0, 0.05) is 43.3 Å². The van der Waals surface area contributed by atoms with E-state index in [2.05, 4.69) is 28.9 Å². The zero-order chi connectivity index (χ0) is 15.6. The van der Waals surface area contributed by atoms with Crippen molar-refractivity contribution in [1.29, 1.82) is 0 Å². The van der Waals surface area contributed by atoms with Crippen molar-refractivity contribution in [3.63, 3.8) is 0 Å². The van der Waals surface area contributed by atoms with Crippen molar-refractivity contribution in [1.82, 2.24) is 19.8 Å². The number of morpholine rings is 1. The molecule has 2 aliphatic rings. The summed E-state index contributed by atoms with van der Waals surface area (Å²) in [5.74, 6) is 0.948. The first kappa shape index (κ1) is 15.0. The van der Waals surface area contributed by atoms with Gasteiger partial charge in [-0.3, -0.25) is 9.80 Å². The summed E-state index contributed by atoms with van der Waals surface area (Å²) in [6.45, 7) is 9.09. The van der Waals surface area contributed by atoms with Crippen molar-refractivity contribution < 1.29 is 4.74 Å². The Labute approximate surface area is 137 Å². The standard InChI is InChI=1S/C18H24N4O/c1-14-16-4-2-3-5-17(16)20-18(19-14)13-21-7-6-15(12-21)22-8-10-23-11-9-22/h2-5,15H,6-13H2,1H3. The molecular weight excluding hydrogens is 288 g/mol. The Morgan fingerprint density at radius 1 is 1.13 bits per heavy atom. The highest BCUT2D eigenvalue weighted by Crippen LogP contribution is 2.20. The Hall–Kier alpha value is -1.56. The molecule has 1 aromatic heterocycles. The number of nitrogens with zero attached hydrogens (tertiary/aromatic N) is 4. The highest BCUT2D eigenvalue weighted by molar-refractivity contribution is 5.80. The number of benzene rings is 1. The summed E-state index contributed by atoms with van der Waals surface area (Å²) in [5.41, 5.74) is 2.13. The first-order valence-electron chi connectivity index (χ1n) is 8.56. The van der Waals surface area contributed by atoms with E-state index in [1.165, 1.54) is 6.42 Å². The Morgan fingerprint density at radius 3 is 2.83 bits per heavy atom. The van der Waals surface area contributed by atoms with Gasteiger partial charge in [-0.2, -0.15) is 0 Å². The van der Waals surface area contributed by atoms with E-state index in [1.807, 2.05) is 12.1 Å². The maximum Gasteiger partial charge on any atom is 0.143 e. The lowest BCUT2D eigenvalue weighted by molar-refractivity contribution is 0.0183. The zero-order valence-corrected chi connectivity index (χ0v) is 13.7. The van der Waals surface area contributed by atoms with Crippen LogP contribution in [0.4, 0.5) is 0 Å². The summed E-state index contributed by atoms with van der Waals surface area (Å²) in [6.07, 6.45) is 1.24. The fourth-order valence-corrected chi connectivity index (χ4v) is 3.76. The van der Waals surface area contributed by atoms with Crippen molar-refractivity contribution >= 4 is 10.9 Å². The van der Waals surface area contributed by atoms with Crippen molar-refractivity contribution in [2.24, 2.45) is 0 Å². The molecule has 1 unspecified atom stereocenters. The third-order valence-electron chi connectivity index (χ3n) is 5.01. The summed E-state index contributed by atoms with van der Waals surface area (Å²) in [6, 6.07) is 8.93. The Bertz CT molecular complexity index is 684. The third-order valence-corrected chi connectivity index (χ3v) is 5.01. The minimum absolute atomic E-state index is 0.667. The van der Waals surface area contributed by atoms with Crippen LogP contribution in [-0.4, -0.2) is 65.2 Å². The summed E-state index contributed by atoms with van der Waals surface area (Å²) < 4.78 is 5.46. The van der Waals surface area contributed by atoms with Gasteiger partial charge < -0.3 is 4.74 Å². The van der Waals surface area contributed by atoms with Gasteiger partial charge in [0.25, 0.3) is 0 Å². The molecule has 2 aromatic rings. The molecule has 0 amide bonds. The van der Waals surface area contributed by atoms with Crippen LogP contribution in [0.1, 0.15) is 17.9 Å². The minimum Gasteiger partial charge on any atom is -0.379 e. The third kappa shape index (κ3) is 3.22. The van der Waals surface area contributed by atoms with Crippen molar-refractivity contribution in [3.8, 4) is 0 Å². The summed E-state index contributed by atoms with van der Waals surface area (Å²) in [5, 5.41) is 1.16. The molecule has 4 rings (SSSR count). The summed E-state index contributed by atoms with van der Waals surface area (Å²) in [4.78, 5) is 14.5. The molecule has 0 radical (unpaired) electrons. The topological polar surface area (TPSA) is 41.5 Å². The predicted molar refractivity (Wildman–Crippen MR) is 90.3 cm³/mol. The highest BCUT2D eigenvalue weighted by atomic mass is 16.5. The normalized spacial score (nSPS) is 23.6. The van der Waals surface area contributed by atoms with Crippen molar-refractivity contribution in [3.05, 3.63) is 35.8 Å². The first-order valence-corrected chi connectivity index (χ1v) is 8.56. The fourth-order valence-electron chi connectivity index (χ4n) is 3.76. The van der Waals surface area contributed by atoms with Crippen molar-refractivity contribution in [2.45, 2.75) is 25.9 Å². The van der Waals surface area contributed by atoms with E-state index in [1.54, 1.807) is 0 Å². The van der Waals surface area contributed by atoms with E-state index in [0.29, 0.717) is 6.04 Å². The van der Waals surface area contributed by atoms with E-state index < -0.39 is 0 Å². The molecule has 5 nitrogen and oxygen atoms in total. The Balaban J connectivity index is 1.44. The average Bonchev–Trinajstić information content (AvgIpc) is 3.04. The van der Waals surface area contributed by atoms with Crippen LogP contribution in [0.25, 0.3) is 10.9 Å². The second-order valence-corrected chi connectivity index (χ2v) is 6.57. The number of para-hydroxylation sites is 1. The van der Waals surface area contributed by atoms with E-state index >= 15 is 0 Å². The number of hydrogen-bond acceptors (Lipinski definition) is 5. The molecule has 122 valence electrons. The zero-order valence-electron chi connectivity index (χ0n) is 13.7. The maximum atomic E-state index is 5.46. The molecule has 2 fully saturated rings. The SMILES string of the molecule is Cc1nc(CN2CCC(N3CCOCC3)C2)nc2ccccc12. The van der Waals surface area contributed by atoms with Gasteiger partial charge in [0.05, 0.1) is 25.3 Å². The van der Waals surface area contributed by atoms with E-state index in [0.717, 1.165) is 68.4 Å². The average molecular weight is 312 g/mol. The van der Waals surface area contributed by atoms with Gasteiger partial charge in [-0.1, -0.05) is 18.2 Å². The highest BCUT2D eigenvalue weighted by Gasteiger charge is 2.29. The monoisotopic (exact) mass is 312 g/mol. The van der Waals surface area contributed by atoms with Crippen LogP contribution in [0.5, 0.6) is 0 Å². The van der Waals surface area contributed by atoms with Gasteiger partial charge in [0.1, 0.15) is 5.82 Å². The molecule has 3 heterocycles. The van der Waals surface area contributed by atoms with Crippen LogP contribution in [0.2, 0.25) is 0 Å². The minimum atomic E-state index is 0.667. The van der Waals surface area contributed by atoms with Crippen LogP contribution in [0.3, 0.4) is 0 Å². The van der Waals surface area contributed by atoms with Crippen LogP contribution < -0.4 is 0 Å². The first-order chi connectivity index (χ1) is 11.3. The van der Waals surface area contributed by atoms with Crippen molar-refractivity contribution in [2.75, 3.05) is 39.4 Å². The smallest absolute Gasteiger partial charge is 0.143 e. The largest absolute Gasteiger partial charge is 0.379 e. The molecule has 23 heavy (non-hydrogen) atoms. The Kier molecular flexibility index (Phi) is 4.25. The van der Waals surface area contributed by atoms with Gasteiger partial charge in [-0.05, 0) is 19.4 Å². The van der Waals surface area contributed by atoms with Gasteiger partial charge in [0.2, 0.25) is 0 Å². The molecule has 1 atom stereocenters. The second-order valence-electron chi connectivity index (χ2n) is 6.57. The van der Waals surface area contributed by atoms with Crippen LogP contribution in [0.15, 0.2) is 24.3 Å². The number of hydrogen-bond donors (Lipinski definition) is 0. The number of aryl methyl sites for hydroxylation is 1. The van der Waals surface area contributed by atoms with Crippen LogP contribution in [-0.2, 0) is 11.3 Å². The predicted octanol–water partition coefficient (Wildman–Crippen LogP) is 1.84. The molecule has 0 aliphatic carbocycles. The number of rotatable bonds is 3. The quantitative estimate of drug-likeness (QED) is 0.865. The lowest BCUT2D eigenvalue weighted by Gasteiger charge is -2.32. The Morgan fingerprint density at radius 2 is 1.96 bits per heavy atom. The molecule has 2 aliphatic heterocycles. The van der Waals surface area contributed by atoms with Gasteiger partial charge in [-0.25, -0.2) is 9.97 Å². The molecule has 0 saturated carbocycles. The molecule has 5 heteroatoms. The summed E-state index contributed by atoms with van der Waals surface area (Å²) >= 11 is 0. The molecule has 0 bridgehead atoms. The van der Waals surface area contributed by atoms with E-state index in [4.69, 9.17) is 14.7 Å². The van der Waals surface area contributed by atoms with Gasteiger partial charge >= 0.3 is 0 Å². The van der Waals surface area contributed by atoms with Crippen LogP contribution >= 0.6 is 0 Å². The molecule has 0 N–H and O–H groups in total. The molecule has 2 saturated heterocycles. The number of likely N-dealkylation sites (tertiary alicyclic amines) is 1. The second kappa shape index (κ2) is 6.51. The van der Waals surface area contributed by atoms with E-state index in [-0.39, 0.29) is 0 Å².